The summed E-state index contributed by atoms with van der Waals surface area (Å²) in [6.45, 7) is 0. The van der Waals surface area contributed by atoms with Crippen molar-refractivity contribution in [3.05, 3.63) is 35.7 Å². The fourth-order valence-corrected chi connectivity index (χ4v) is 2.77. The van der Waals surface area contributed by atoms with Crippen LogP contribution in [0, 0.1) is 11.6 Å². The second kappa shape index (κ2) is 6.04. The van der Waals surface area contributed by atoms with Crippen molar-refractivity contribution in [3.63, 3.8) is 0 Å². The van der Waals surface area contributed by atoms with E-state index in [4.69, 9.17) is 0 Å². The Balaban J connectivity index is 1.56. The number of aromatic nitrogens is 3. The third-order valence-corrected chi connectivity index (χ3v) is 4.37. The van der Waals surface area contributed by atoms with E-state index in [1.54, 1.807) is 0 Å². The van der Waals surface area contributed by atoms with Gasteiger partial charge in [-0.1, -0.05) is 11.8 Å². The van der Waals surface area contributed by atoms with Crippen molar-refractivity contribution in [2.45, 2.75) is 23.9 Å². The maximum Gasteiger partial charge on any atom is 0.234 e. The van der Waals surface area contributed by atoms with E-state index in [2.05, 4.69) is 15.5 Å². The van der Waals surface area contributed by atoms with Gasteiger partial charge in [-0.05, 0) is 25.0 Å². The molecule has 0 unspecified atom stereocenters. The minimum atomic E-state index is -0.993. The molecule has 2 aromatic rings. The standard InChI is InChI=1S/C14H14F2N4OS/c1-20-13(8-2-3-8)18-19-14(20)22-7-12(21)17-9-4-5-10(15)11(16)6-9/h4-6,8H,2-3,7H2,1H3,(H,17,21). The zero-order valence-electron chi connectivity index (χ0n) is 11.8. The third-order valence-electron chi connectivity index (χ3n) is 3.35. The van der Waals surface area contributed by atoms with Gasteiger partial charge in [-0.25, -0.2) is 8.78 Å². The average molecular weight is 324 g/mol. The summed E-state index contributed by atoms with van der Waals surface area (Å²) < 4.78 is 27.8. The van der Waals surface area contributed by atoms with Crippen LogP contribution in [0.25, 0.3) is 0 Å². The van der Waals surface area contributed by atoms with E-state index < -0.39 is 11.6 Å². The molecular formula is C14H14F2N4OS. The molecule has 1 aliphatic carbocycles. The average Bonchev–Trinajstić information content (AvgIpc) is 3.25. The van der Waals surface area contributed by atoms with Crippen molar-refractivity contribution in [2.24, 2.45) is 7.05 Å². The molecule has 8 heteroatoms. The van der Waals surface area contributed by atoms with E-state index in [9.17, 15) is 13.6 Å². The predicted molar refractivity (Wildman–Crippen MR) is 78.7 cm³/mol. The molecule has 1 saturated carbocycles. The third kappa shape index (κ3) is 3.27. The number of nitrogens with one attached hydrogen (secondary N) is 1. The lowest BCUT2D eigenvalue weighted by molar-refractivity contribution is -0.113. The van der Waals surface area contributed by atoms with Gasteiger partial charge in [0.2, 0.25) is 5.91 Å². The lowest BCUT2D eigenvalue weighted by Crippen LogP contribution is -2.14. The Morgan fingerprint density at radius 1 is 1.36 bits per heavy atom. The van der Waals surface area contributed by atoms with E-state index in [1.807, 2.05) is 11.6 Å². The molecule has 0 saturated heterocycles. The smallest absolute Gasteiger partial charge is 0.234 e. The first-order chi connectivity index (χ1) is 10.5. The highest BCUT2D eigenvalue weighted by molar-refractivity contribution is 7.99. The van der Waals surface area contributed by atoms with Gasteiger partial charge >= 0.3 is 0 Å². The Morgan fingerprint density at radius 2 is 2.14 bits per heavy atom. The van der Waals surface area contributed by atoms with E-state index in [-0.39, 0.29) is 17.3 Å². The molecule has 1 aromatic heterocycles. The Morgan fingerprint density at radius 3 is 2.82 bits per heavy atom. The summed E-state index contributed by atoms with van der Waals surface area (Å²) in [6, 6.07) is 3.24. The molecule has 1 N–H and O–H groups in total. The van der Waals surface area contributed by atoms with Gasteiger partial charge in [0, 0.05) is 24.7 Å². The molecule has 1 aliphatic rings. The highest BCUT2D eigenvalue weighted by atomic mass is 32.2. The largest absolute Gasteiger partial charge is 0.325 e. The molecule has 0 atom stereocenters. The fourth-order valence-electron chi connectivity index (χ4n) is 2.05. The number of hydrogen-bond donors (Lipinski definition) is 1. The Hall–Kier alpha value is -1.96. The van der Waals surface area contributed by atoms with Crippen LogP contribution >= 0.6 is 11.8 Å². The lowest BCUT2D eigenvalue weighted by atomic mass is 10.3. The number of anilines is 1. The number of hydrogen-bond acceptors (Lipinski definition) is 4. The Labute approximate surface area is 130 Å². The fraction of sp³-hybridized carbons (Fsp3) is 0.357. The van der Waals surface area contributed by atoms with Crippen LogP contribution in [0.3, 0.4) is 0 Å². The van der Waals surface area contributed by atoms with Gasteiger partial charge in [0.15, 0.2) is 16.8 Å². The van der Waals surface area contributed by atoms with Gasteiger partial charge in [-0.3, -0.25) is 4.79 Å². The summed E-state index contributed by atoms with van der Waals surface area (Å²) in [5.41, 5.74) is 0.223. The molecule has 1 aromatic carbocycles. The second-order valence-electron chi connectivity index (χ2n) is 5.14. The number of carbonyl (C=O) groups excluding carboxylic acids is 1. The molecule has 1 fully saturated rings. The number of amides is 1. The van der Waals surface area contributed by atoms with Gasteiger partial charge in [0.05, 0.1) is 5.75 Å². The Bertz CT molecular complexity index is 715. The van der Waals surface area contributed by atoms with Crippen LogP contribution in [-0.2, 0) is 11.8 Å². The molecule has 22 heavy (non-hydrogen) atoms. The van der Waals surface area contributed by atoms with E-state index >= 15 is 0 Å². The maximum atomic E-state index is 13.1. The SMILES string of the molecule is Cn1c(SCC(=O)Nc2ccc(F)c(F)c2)nnc1C1CC1. The molecule has 3 rings (SSSR count). The minimum Gasteiger partial charge on any atom is -0.325 e. The van der Waals surface area contributed by atoms with Crippen LogP contribution in [0.15, 0.2) is 23.4 Å². The van der Waals surface area contributed by atoms with Gasteiger partial charge in [-0.15, -0.1) is 10.2 Å². The van der Waals surface area contributed by atoms with Crippen molar-refractivity contribution < 1.29 is 13.6 Å². The van der Waals surface area contributed by atoms with Gasteiger partial charge in [0.25, 0.3) is 0 Å². The van der Waals surface area contributed by atoms with Crippen molar-refractivity contribution in [1.82, 2.24) is 14.8 Å². The van der Waals surface area contributed by atoms with E-state index in [1.165, 1.54) is 17.8 Å². The van der Waals surface area contributed by atoms with Crippen LogP contribution < -0.4 is 5.32 Å². The highest BCUT2D eigenvalue weighted by Crippen LogP contribution is 2.39. The number of halogens is 2. The van der Waals surface area contributed by atoms with Crippen LogP contribution in [0.4, 0.5) is 14.5 Å². The number of carbonyl (C=O) groups is 1. The molecule has 0 spiro atoms. The first kappa shape index (κ1) is 15.0. The summed E-state index contributed by atoms with van der Waals surface area (Å²) in [4.78, 5) is 11.8. The molecule has 1 amide bonds. The summed E-state index contributed by atoms with van der Waals surface area (Å²) in [5, 5.41) is 11.4. The predicted octanol–water partition coefficient (Wildman–Crippen LogP) is 2.70. The maximum absolute atomic E-state index is 13.1. The van der Waals surface area contributed by atoms with Crippen LogP contribution in [0.2, 0.25) is 0 Å². The normalized spacial score (nSPS) is 14.1. The number of rotatable bonds is 5. The zero-order chi connectivity index (χ0) is 15.7. The molecule has 0 bridgehead atoms. The van der Waals surface area contributed by atoms with E-state index in [0.717, 1.165) is 30.8 Å². The van der Waals surface area contributed by atoms with Crippen molar-refractivity contribution in [2.75, 3.05) is 11.1 Å². The summed E-state index contributed by atoms with van der Waals surface area (Å²) in [6.07, 6.45) is 2.26. The van der Waals surface area contributed by atoms with Crippen molar-refractivity contribution in [3.8, 4) is 0 Å². The van der Waals surface area contributed by atoms with Crippen LogP contribution in [0.1, 0.15) is 24.6 Å². The molecule has 116 valence electrons. The first-order valence-corrected chi connectivity index (χ1v) is 7.80. The summed E-state index contributed by atoms with van der Waals surface area (Å²) in [5.74, 6) is -0.694. The lowest BCUT2D eigenvalue weighted by Gasteiger charge is -2.06. The Kier molecular flexibility index (Phi) is 4.10. The minimum absolute atomic E-state index is 0.121. The monoisotopic (exact) mass is 324 g/mol. The first-order valence-electron chi connectivity index (χ1n) is 6.81. The van der Waals surface area contributed by atoms with Crippen LogP contribution in [-0.4, -0.2) is 26.4 Å². The van der Waals surface area contributed by atoms with Crippen LogP contribution in [0.5, 0.6) is 0 Å². The molecular weight excluding hydrogens is 310 g/mol. The molecule has 1 heterocycles. The highest BCUT2D eigenvalue weighted by Gasteiger charge is 2.29. The van der Waals surface area contributed by atoms with Gasteiger partial charge < -0.3 is 9.88 Å². The number of nitrogens with zero attached hydrogens (tertiary/aromatic N) is 3. The zero-order valence-corrected chi connectivity index (χ0v) is 12.7. The van der Waals surface area contributed by atoms with Crippen molar-refractivity contribution >= 4 is 23.4 Å². The number of thioether (sulfide) groups is 1. The molecule has 0 radical (unpaired) electrons. The quantitative estimate of drug-likeness (QED) is 0.859. The van der Waals surface area contributed by atoms with Gasteiger partial charge in [-0.2, -0.15) is 0 Å². The van der Waals surface area contributed by atoms with E-state index in [0.29, 0.717) is 11.1 Å². The van der Waals surface area contributed by atoms with Gasteiger partial charge in [0.1, 0.15) is 5.82 Å². The topological polar surface area (TPSA) is 59.8 Å². The van der Waals surface area contributed by atoms with Crippen molar-refractivity contribution in [1.29, 1.82) is 0 Å². The summed E-state index contributed by atoms with van der Waals surface area (Å²) >= 11 is 1.26. The summed E-state index contributed by atoms with van der Waals surface area (Å²) in [7, 11) is 1.88. The molecule has 5 nitrogen and oxygen atoms in total. The molecule has 0 aliphatic heterocycles. The second-order valence-corrected chi connectivity index (χ2v) is 6.08. The number of benzene rings is 1.